The molecule has 0 spiro atoms. The second-order valence-electron chi connectivity index (χ2n) is 6.35. The number of amides is 2. The average molecular weight is 345 g/mol. The minimum atomic E-state index is -3.00. The molecule has 1 fully saturated rings. The van der Waals surface area contributed by atoms with Crippen molar-refractivity contribution in [2.45, 2.75) is 38.3 Å². The van der Waals surface area contributed by atoms with E-state index in [0.717, 1.165) is 5.56 Å². The van der Waals surface area contributed by atoms with Crippen molar-refractivity contribution in [3.63, 3.8) is 0 Å². The van der Waals surface area contributed by atoms with Crippen LogP contribution in [-0.4, -0.2) is 37.5 Å². The van der Waals surface area contributed by atoms with E-state index in [9.17, 15) is 13.2 Å². The molecule has 1 aliphatic rings. The third kappa shape index (κ3) is 4.88. The van der Waals surface area contributed by atoms with Gasteiger partial charge in [0.25, 0.3) is 0 Å². The molecule has 0 saturated carbocycles. The number of carbonyl (C=O) groups excluding carboxylic acids is 1. The van der Waals surface area contributed by atoms with E-state index in [-0.39, 0.29) is 23.6 Å². The number of carbonyl (C=O) groups is 1. The van der Waals surface area contributed by atoms with Gasteiger partial charge in [0.2, 0.25) is 0 Å². The third-order valence-electron chi connectivity index (χ3n) is 3.61. The first-order chi connectivity index (χ1) is 10.2. The van der Waals surface area contributed by atoms with E-state index < -0.39 is 15.4 Å². The minimum Gasteiger partial charge on any atom is -0.334 e. The number of hydrogen-bond donors (Lipinski definition) is 2. The lowest BCUT2D eigenvalue weighted by atomic mass is 9.95. The van der Waals surface area contributed by atoms with Gasteiger partial charge in [0.05, 0.1) is 11.5 Å². The maximum Gasteiger partial charge on any atom is 0.315 e. The van der Waals surface area contributed by atoms with Crippen LogP contribution >= 0.6 is 11.6 Å². The highest BCUT2D eigenvalue weighted by Crippen LogP contribution is 2.20. The number of benzene rings is 1. The molecular formula is C15H21ClN2O3S. The Bertz CT molecular complexity index is 659. The maximum atomic E-state index is 12.1. The zero-order chi connectivity index (χ0) is 16.4. The molecule has 0 unspecified atom stereocenters. The molecule has 122 valence electrons. The van der Waals surface area contributed by atoms with Gasteiger partial charge in [-0.1, -0.05) is 29.8 Å². The average Bonchev–Trinajstić information content (AvgIpc) is 2.70. The molecule has 2 amide bonds. The fraction of sp³-hybridized carbons (Fsp3) is 0.533. The van der Waals surface area contributed by atoms with Crippen LogP contribution in [0.15, 0.2) is 24.3 Å². The number of hydrogen-bond acceptors (Lipinski definition) is 3. The van der Waals surface area contributed by atoms with Crippen LogP contribution in [0.5, 0.6) is 0 Å². The van der Waals surface area contributed by atoms with E-state index in [1.54, 1.807) is 0 Å². The summed E-state index contributed by atoms with van der Waals surface area (Å²) in [7, 11) is -3.00. The van der Waals surface area contributed by atoms with Gasteiger partial charge >= 0.3 is 6.03 Å². The van der Waals surface area contributed by atoms with Crippen LogP contribution in [-0.2, 0) is 16.3 Å². The summed E-state index contributed by atoms with van der Waals surface area (Å²) in [6.45, 7) is 3.81. The molecule has 0 aliphatic carbocycles. The predicted octanol–water partition coefficient (Wildman–Crippen LogP) is 2.15. The summed E-state index contributed by atoms with van der Waals surface area (Å²) in [6.07, 6.45) is 1.06. The fourth-order valence-corrected chi connectivity index (χ4v) is 4.48. The van der Waals surface area contributed by atoms with E-state index in [4.69, 9.17) is 11.6 Å². The molecule has 1 aromatic rings. The largest absolute Gasteiger partial charge is 0.334 e. The van der Waals surface area contributed by atoms with Crippen LogP contribution in [0.2, 0.25) is 5.02 Å². The van der Waals surface area contributed by atoms with E-state index in [1.165, 1.54) is 0 Å². The molecule has 1 saturated heterocycles. The Morgan fingerprint density at radius 3 is 2.64 bits per heavy atom. The lowest BCUT2D eigenvalue weighted by Gasteiger charge is -2.27. The van der Waals surface area contributed by atoms with Gasteiger partial charge in [-0.25, -0.2) is 13.2 Å². The first-order valence-electron chi connectivity index (χ1n) is 7.19. The fourth-order valence-electron chi connectivity index (χ4n) is 2.60. The number of rotatable bonds is 4. The maximum absolute atomic E-state index is 12.1. The Hall–Kier alpha value is -1.27. The van der Waals surface area contributed by atoms with Gasteiger partial charge in [0, 0.05) is 16.6 Å². The summed E-state index contributed by atoms with van der Waals surface area (Å²) in [4.78, 5) is 12.1. The third-order valence-corrected chi connectivity index (χ3v) is 5.75. The molecule has 2 N–H and O–H groups in total. The minimum absolute atomic E-state index is 0.0192. The summed E-state index contributed by atoms with van der Waals surface area (Å²) in [5.41, 5.74) is 0.463. The number of urea groups is 1. The molecule has 1 aromatic carbocycles. The molecule has 0 radical (unpaired) electrons. The molecule has 1 atom stereocenters. The quantitative estimate of drug-likeness (QED) is 0.878. The highest BCUT2D eigenvalue weighted by molar-refractivity contribution is 7.91. The molecule has 5 nitrogen and oxygen atoms in total. The van der Waals surface area contributed by atoms with Crippen molar-refractivity contribution in [3.05, 3.63) is 34.9 Å². The monoisotopic (exact) mass is 344 g/mol. The second-order valence-corrected chi connectivity index (χ2v) is 8.99. The second kappa shape index (κ2) is 6.46. The molecule has 0 aromatic heterocycles. The van der Waals surface area contributed by atoms with Crippen LogP contribution < -0.4 is 10.6 Å². The summed E-state index contributed by atoms with van der Waals surface area (Å²) >= 11 is 6.14. The first-order valence-corrected chi connectivity index (χ1v) is 9.39. The van der Waals surface area contributed by atoms with Gasteiger partial charge in [0.15, 0.2) is 9.84 Å². The Labute approximate surface area is 136 Å². The van der Waals surface area contributed by atoms with Crippen LogP contribution in [0, 0.1) is 0 Å². The highest BCUT2D eigenvalue weighted by atomic mass is 35.5. The lowest BCUT2D eigenvalue weighted by Crippen LogP contribution is -2.52. The number of halogens is 1. The van der Waals surface area contributed by atoms with Crippen molar-refractivity contribution in [1.29, 1.82) is 0 Å². The molecule has 1 heterocycles. The van der Waals surface area contributed by atoms with Crippen LogP contribution in [0.4, 0.5) is 4.79 Å². The number of nitrogens with one attached hydrogen (secondary N) is 2. The SMILES string of the molecule is CC(C)(Cc1ccccc1Cl)NC(=O)N[C@H]1CCS(=O)(=O)C1. The Morgan fingerprint density at radius 1 is 1.36 bits per heavy atom. The first kappa shape index (κ1) is 17.1. The Morgan fingerprint density at radius 2 is 2.05 bits per heavy atom. The molecule has 22 heavy (non-hydrogen) atoms. The van der Waals surface area contributed by atoms with Crippen LogP contribution in [0.3, 0.4) is 0 Å². The Balaban J connectivity index is 1.91. The van der Waals surface area contributed by atoms with Crippen molar-refractivity contribution in [3.8, 4) is 0 Å². The summed E-state index contributed by atoms with van der Waals surface area (Å²) in [5, 5.41) is 6.28. The molecule has 1 aliphatic heterocycles. The smallest absolute Gasteiger partial charge is 0.315 e. The number of sulfone groups is 1. The van der Waals surface area contributed by atoms with Gasteiger partial charge in [-0.05, 0) is 38.3 Å². The van der Waals surface area contributed by atoms with E-state index in [0.29, 0.717) is 17.9 Å². The van der Waals surface area contributed by atoms with Crippen molar-refractivity contribution in [2.75, 3.05) is 11.5 Å². The summed E-state index contributed by atoms with van der Waals surface area (Å²) in [5.74, 6) is 0.159. The predicted molar refractivity (Wildman–Crippen MR) is 88.0 cm³/mol. The molecule has 0 bridgehead atoms. The topological polar surface area (TPSA) is 75.3 Å². The van der Waals surface area contributed by atoms with Crippen LogP contribution in [0.25, 0.3) is 0 Å². The van der Waals surface area contributed by atoms with Gasteiger partial charge in [-0.3, -0.25) is 0 Å². The normalized spacial score (nSPS) is 20.6. The summed E-state index contributed by atoms with van der Waals surface area (Å²) < 4.78 is 22.8. The molecular weight excluding hydrogens is 324 g/mol. The standard InChI is InChI=1S/C15H21ClN2O3S/c1-15(2,9-11-5-3-4-6-13(11)16)18-14(19)17-12-7-8-22(20,21)10-12/h3-6,12H,7-10H2,1-2H3,(H2,17,18,19)/t12-/m0/s1. The van der Waals surface area contributed by atoms with Gasteiger partial charge in [-0.2, -0.15) is 0 Å². The highest BCUT2D eigenvalue weighted by Gasteiger charge is 2.30. The Kier molecular flexibility index (Phi) is 5.02. The van der Waals surface area contributed by atoms with Crippen molar-refractivity contribution >= 4 is 27.5 Å². The van der Waals surface area contributed by atoms with Crippen molar-refractivity contribution < 1.29 is 13.2 Å². The van der Waals surface area contributed by atoms with Crippen molar-refractivity contribution in [2.24, 2.45) is 0 Å². The zero-order valence-corrected chi connectivity index (χ0v) is 14.3. The van der Waals surface area contributed by atoms with Crippen LogP contribution in [0.1, 0.15) is 25.8 Å². The summed E-state index contributed by atoms with van der Waals surface area (Å²) in [6, 6.07) is 6.85. The lowest BCUT2D eigenvalue weighted by molar-refractivity contribution is 0.226. The van der Waals surface area contributed by atoms with Gasteiger partial charge < -0.3 is 10.6 Å². The zero-order valence-electron chi connectivity index (χ0n) is 12.7. The van der Waals surface area contributed by atoms with Gasteiger partial charge in [-0.15, -0.1) is 0 Å². The molecule has 2 rings (SSSR count). The van der Waals surface area contributed by atoms with Gasteiger partial charge in [0.1, 0.15) is 0 Å². The molecule has 7 heteroatoms. The van der Waals surface area contributed by atoms with E-state index in [2.05, 4.69) is 10.6 Å². The van der Waals surface area contributed by atoms with Crippen molar-refractivity contribution in [1.82, 2.24) is 10.6 Å². The van der Waals surface area contributed by atoms with E-state index >= 15 is 0 Å². The van der Waals surface area contributed by atoms with E-state index in [1.807, 2.05) is 38.1 Å².